The summed E-state index contributed by atoms with van der Waals surface area (Å²) in [4.78, 5) is 12.0. The van der Waals surface area contributed by atoms with E-state index in [1.54, 1.807) is 18.9 Å². The van der Waals surface area contributed by atoms with Gasteiger partial charge in [0.05, 0.1) is 17.2 Å². The van der Waals surface area contributed by atoms with Gasteiger partial charge in [-0.25, -0.2) is 0 Å². The van der Waals surface area contributed by atoms with Gasteiger partial charge in [-0.3, -0.25) is 4.79 Å². The van der Waals surface area contributed by atoms with Crippen molar-refractivity contribution in [2.75, 3.05) is 19.4 Å². The highest BCUT2D eigenvalue weighted by atomic mass is 35.5. The minimum atomic E-state index is 0.0774. The summed E-state index contributed by atoms with van der Waals surface area (Å²) in [7, 11) is 1.66. The van der Waals surface area contributed by atoms with Crippen molar-refractivity contribution in [1.82, 2.24) is 5.32 Å². The molecule has 1 amide bonds. The van der Waals surface area contributed by atoms with E-state index in [9.17, 15) is 4.79 Å². The molecule has 0 aliphatic carbocycles. The van der Waals surface area contributed by atoms with E-state index in [1.807, 2.05) is 37.3 Å². The second-order valence-electron chi connectivity index (χ2n) is 5.95. The summed E-state index contributed by atoms with van der Waals surface area (Å²) in [5, 5.41) is 4.11. The van der Waals surface area contributed by atoms with E-state index in [2.05, 4.69) is 11.4 Å². The van der Waals surface area contributed by atoms with Gasteiger partial charge >= 0.3 is 0 Å². The van der Waals surface area contributed by atoms with Gasteiger partial charge in [0.25, 0.3) is 0 Å². The van der Waals surface area contributed by atoms with Gasteiger partial charge in [-0.15, -0.1) is 0 Å². The fourth-order valence-corrected chi connectivity index (χ4v) is 3.65. The van der Waals surface area contributed by atoms with Crippen LogP contribution < -0.4 is 10.1 Å². The van der Waals surface area contributed by atoms with Crippen LogP contribution in [0.15, 0.2) is 36.4 Å². The summed E-state index contributed by atoms with van der Waals surface area (Å²) in [6, 6.07) is 11.7. The van der Waals surface area contributed by atoms with E-state index in [4.69, 9.17) is 27.9 Å². The Kier molecular flexibility index (Phi) is 8.63. The Morgan fingerprint density at radius 2 is 1.88 bits per heavy atom. The molecular weight excluding hydrogens is 389 g/mol. The third kappa shape index (κ3) is 6.75. The molecular formula is C20H23Cl2NO2S. The van der Waals surface area contributed by atoms with Gasteiger partial charge in [0.2, 0.25) is 5.91 Å². The number of amides is 1. The minimum Gasteiger partial charge on any atom is -0.496 e. The molecule has 0 bridgehead atoms. The van der Waals surface area contributed by atoms with E-state index in [0.29, 0.717) is 23.0 Å². The summed E-state index contributed by atoms with van der Waals surface area (Å²) in [5.41, 5.74) is 3.36. The average molecular weight is 412 g/mol. The number of carbonyl (C=O) groups is 1. The van der Waals surface area contributed by atoms with E-state index in [-0.39, 0.29) is 5.91 Å². The molecule has 2 aromatic rings. The Morgan fingerprint density at radius 3 is 2.58 bits per heavy atom. The molecule has 0 aliphatic rings. The molecule has 140 valence electrons. The monoisotopic (exact) mass is 411 g/mol. The van der Waals surface area contributed by atoms with Crippen molar-refractivity contribution in [3.63, 3.8) is 0 Å². The van der Waals surface area contributed by atoms with Gasteiger partial charge in [0.1, 0.15) is 5.75 Å². The van der Waals surface area contributed by atoms with Crippen LogP contribution in [-0.2, 0) is 17.0 Å². The van der Waals surface area contributed by atoms with Crippen LogP contribution in [0.5, 0.6) is 5.75 Å². The van der Waals surface area contributed by atoms with Crippen molar-refractivity contribution >= 4 is 40.9 Å². The molecule has 0 saturated carbocycles. The van der Waals surface area contributed by atoms with E-state index in [1.165, 1.54) is 0 Å². The van der Waals surface area contributed by atoms with Crippen LogP contribution in [0.1, 0.15) is 23.1 Å². The molecule has 2 rings (SSSR count). The lowest BCUT2D eigenvalue weighted by Crippen LogP contribution is -2.25. The third-order valence-corrected chi connectivity index (χ3v) is 5.69. The molecule has 1 N–H and O–H groups in total. The molecule has 0 atom stereocenters. The fraction of sp³-hybridized carbons (Fsp3) is 0.350. The number of thioether (sulfide) groups is 1. The van der Waals surface area contributed by atoms with E-state index >= 15 is 0 Å². The summed E-state index contributed by atoms with van der Waals surface area (Å²) in [5.74, 6) is 2.65. The first-order valence-electron chi connectivity index (χ1n) is 8.41. The van der Waals surface area contributed by atoms with Gasteiger partial charge in [-0.1, -0.05) is 41.4 Å². The number of methoxy groups -OCH3 is 1. The maximum atomic E-state index is 12.0. The number of aryl methyl sites for hydroxylation is 2. The Labute approximate surface area is 169 Å². The van der Waals surface area contributed by atoms with Gasteiger partial charge < -0.3 is 10.1 Å². The number of hydrogen-bond acceptors (Lipinski definition) is 3. The van der Waals surface area contributed by atoms with Gasteiger partial charge in [-0.05, 0) is 48.2 Å². The van der Waals surface area contributed by atoms with Crippen LogP contribution >= 0.6 is 35.0 Å². The minimum absolute atomic E-state index is 0.0774. The van der Waals surface area contributed by atoms with Crippen molar-refractivity contribution < 1.29 is 9.53 Å². The predicted octanol–water partition coefficient (Wildman–Crippen LogP) is 5.29. The number of benzene rings is 2. The lowest BCUT2D eigenvalue weighted by atomic mass is 10.1. The zero-order chi connectivity index (χ0) is 18.9. The maximum Gasteiger partial charge on any atom is 0.220 e. The van der Waals surface area contributed by atoms with Crippen LogP contribution in [0.25, 0.3) is 0 Å². The lowest BCUT2D eigenvalue weighted by Gasteiger charge is -2.08. The SMILES string of the molecule is COc1ccc(CCC(=O)NCCSCc2ccc(Cl)c(Cl)c2)cc1C. The van der Waals surface area contributed by atoms with Crippen molar-refractivity contribution in [3.8, 4) is 5.75 Å². The number of ether oxygens (including phenoxy) is 1. The summed E-state index contributed by atoms with van der Waals surface area (Å²) >= 11 is 13.7. The number of hydrogen-bond donors (Lipinski definition) is 1. The molecule has 0 fully saturated rings. The van der Waals surface area contributed by atoms with E-state index in [0.717, 1.165) is 40.4 Å². The highest BCUT2D eigenvalue weighted by Gasteiger charge is 2.05. The van der Waals surface area contributed by atoms with Crippen LogP contribution in [0, 0.1) is 6.92 Å². The third-order valence-electron chi connectivity index (χ3n) is 3.92. The van der Waals surface area contributed by atoms with Gasteiger partial charge in [0, 0.05) is 24.5 Å². The normalized spacial score (nSPS) is 10.6. The Morgan fingerprint density at radius 1 is 1.12 bits per heavy atom. The first kappa shape index (κ1) is 20.9. The van der Waals surface area contributed by atoms with Crippen molar-refractivity contribution in [3.05, 3.63) is 63.1 Å². The van der Waals surface area contributed by atoms with Crippen molar-refractivity contribution in [2.24, 2.45) is 0 Å². The highest BCUT2D eigenvalue weighted by molar-refractivity contribution is 7.98. The van der Waals surface area contributed by atoms with Crippen molar-refractivity contribution in [1.29, 1.82) is 0 Å². The average Bonchev–Trinajstić information content (AvgIpc) is 2.62. The van der Waals surface area contributed by atoms with E-state index < -0.39 is 0 Å². The Bertz CT molecular complexity index is 753. The first-order chi connectivity index (χ1) is 12.5. The topological polar surface area (TPSA) is 38.3 Å². The summed E-state index contributed by atoms with van der Waals surface area (Å²) in [6.07, 6.45) is 1.22. The molecule has 0 aliphatic heterocycles. The number of rotatable bonds is 9. The maximum absolute atomic E-state index is 12.0. The molecule has 0 heterocycles. The molecule has 6 heteroatoms. The largest absolute Gasteiger partial charge is 0.496 e. The first-order valence-corrected chi connectivity index (χ1v) is 10.3. The molecule has 0 saturated heterocycles. The molecule has 2 aromatic carbocycles. The second-order valence-corrected chi connectivity index (χ2v) is 7.87. The number of halogens is 2. The number of nitrogens with one attached hydrogen (secondary N) is 1. The van der Waals surface area contributed by atoms with Crippen LogP contribution in [-0.4, -0.2) is 25.3 Å². The quantitative estimate of drug-likeness (QED) is 0.569. The Hall–Kier alpha value is -1.36. The standard InChI is InChI=1S/C20H23Cl2NO2S/c1-14-11-15(4-7-19(14)25-2)5-8-20(24)23-9-10-26-13-16-3-6-17(21)18(22)12-16/h3-4,6-7,11-12H,5,8-10,13H2,1-2H3,(H,23,24). The summed E-state index contributed by atoms with van der Waals surface area (Å²) < 4.78 is 5.25. The van der Waals surface area contributed by atoms with Crippen LogP contribution in [0.2, 0.25) is 10.0 Å². The van der Waals surface area contributed by atoms with Crippen molar-refractivity contribution in [2.45, 2.75) is 25.5 Å². The zero-order valence-corrected chi connectivity index (χ0v) is 17.3. The molecule has 0 radical (unpaired) electrons. The smallest absolute Gasteiger partial charge is 0.220 e. The van der Waals surface area contributed by atoms with Crippen LogP contribution in [0.3, 0.4) is 0 Å². The van der Waals surface area contributed by atoms with Crippen LogP contribution in [0.4, 0.5) is 0 Å². The zero-order valence-electron chi connectivity index (χ0n) is 15.0. The fourth-order valence-electron chi connectivity index (χ4n) is 2.52. The highest BCUT2D eigenvalue weighted by Crippen LogP contribution is 2.24. The Balaban J connectivity index is 1.63. The molecule has 0 aromatic heterocycles. The predicted molar refractivity (Wildman–Crippen MR) is 112 cm³/mol. The lowest BCUT2D eigenvalue weighted by molar-refractivity contribution is -0.120. The molecule has 26 heavy (non-hydrogen) atoms. The second kappa shape index (κ2) is 10.7. The molecule has 0 spiro atoms. The molecule has 0 unspecified atom stereocenters. The molecule has 3 nitrogen and oxygen atoms in total. The summed E-state index contributed by atoms with van der Waals surface area (Å²) in [6.45, 7) is 2.67. The van der Waals surface area contributed by atoms with Gasteiger partial charge in [-0.2, -0.15) is 11.8 Å². The van der Waals surface area contributed by atoms with Gasteiger partial charge in [0.15, 0.2) is 0 Å². The number of carbonyl (C=O) groups excluding carboxylic acids is 1.